The van der Waals surface area contributed by atoms with Crippen LogP contribution in [-0.4, -0.2) is 24.7 Å². The molecule has 0 N–H and O–H groups in total. The van der Waals surface area contributed by atoms with Gasteiger partial charge in [0.1, 0.15) is 5.01 Å². The van der Waals surface area contributed by atoms with Crippen LogP contribution in [0.15, 0.2) is 42.5 Å². The normalized spacial score (nSPS) is 11.1. The second-order valence-corrected chi connectivity index (χ2v) is 6.60. The average molecular weight is 351 g/mol. The quantitative estimate of drug-likeness (QED) is 0.410. The van der Waals surface area contributed by atoms with E-state index < -0.39 is 0 Å². The highest BCUT2D eigenvalue weighted by atomic mass is 32.1. The third kappa shape index (κ3) is 2.47. The van der Waals surface area contributed by atoms with E-state index in [9.17, 15) is 10.1 Å². The Bertz CT molecular complexity index is 1120. The lowest BCUT2D eigenvalue weighted by Gasteiger charge is -2.03. The zero-order chi connectivity index (χ0) is 17.6. The van der Waals surface area contributed by atoms with E-state index in [4.69, 9.17) is 0 Å². The van der Waals surface area contributed by atoms with E-state index in [0.29, 0.717) is 21.4 Å². The summed E-state index contributed by atoms with van der Waals surface area (Å²) < 4.78 is 1.70. The van der Waals surface area contributed by atoms with Gasteiger partial charge in [0.25, 0.3) is 5.69 Å². The van der Waals surface area contributed by atoms with Crippen molar-refractivity contribution in [3.8, 4) is 22.0 Å². The minimum absolute atomic E-state index is 0.0857. The predicted molar refractivity (Wildman–Crippen MR) is 95.7 cm³/mol. The molecule has 124 valence electrons. The fraction of sp³-hybridized carbons (Fsp3) is 0.118. The molecule has 0 saturated carbocycles. The molecule has 8 heteroatoms. The van der Waals surface area contributed by atoms with Crippen molar-refractivity contribution in [1.82, 2.24) is 19.8 Å². The highest BCUT2D eigenvalue weighted by Crippen LogP contribution is 2.33. The van der Waals surface area contributed by atoms with Gasteiger partial charge < -0.3 is 0 Å². The number of aryl methyl sites for hydroxylation is 1. The summed E-state index contributed by atoms with van der Waals surface area (Å²) in [5, 5.41) is 24.9. The number of fused-ring (bicyclic) bond motifs is 1. The van der Waals surface area contributed by atoms with Gasteiger partial charge in [-0.2, -0.15) is 9.61 Å². The summed E-state index contributed by atoms with van der Waals surface area (Å²) in [6, 6.07) is 12.9. The van der Waals surface area contributed by atoms with Crippen molar-refractivity contribution in [3.05, 3.63) is 63.7 Å². The molecule has 0 spiro atoms. The zero-order valence-corrected chi connectivity index (χ0v) is 14.3. The molecule has 7 nitrogen and oxygen atoms in total. The van der Waals surface area contributed by atoms with Crippen molar-refractivity contribution < 1.29 is 4.92 Å². The fourth-order valence-electron chi connectivity index (χ4n) is 2.77. The third-order valence-electron chi connectivity index (χ3n) is 4.11. The summed E-state index contributed by atoms with van der Waals surface area (Å²) in [5.74, 6) is 0.665. The van der Waals surface area contributed by atoms with Crippen LogP contribution in [0.2, 0.25) is 0 Å². The van der Waals surface area contributed by atoms with E-state index in [1.807, 2.05) is 37.3 Å². The lowest BCUT2D eigenvalue weighted by Crippen LogP contribution is -1.95. The topological polar surface area (TPSA) is 86.2 Å². The Labute approximate surface area is 146 Å². The summed E-state index contributed by atoms with van der Waals surface area (Å²) in [7, 11) is 0. The first kappa shape index (κ1) is 15.4. The number of rotatable bonds is 3. The number of benzene rings is 2. The van der Waals surface area contributed by atoms with Gasteiger partial charge in [-0.3, -0.25) is 10.1 Å². The Morgan fingerprint density at radius 1 is 1.04 bits per heavy atom. The molecule has 0 unspecified atom stereocenters. The monoisotopic (exact) mass is 351 g/mol. The van der Waals surface area contributed by atoms with Gasteiger partial charge in [-0.05, 0) is 19.4 Å². The van der Waals surface area contributed by atoms with Gasteiger partial charge in [-0.1, -0.05) is 47.7 Å². The minimum atomic E-state index is -0.377. The van der Waals surface area contributed by atoms with Gasteiger partial charge in [0.2, 0.25) is 4.96 Å². The Kier molecular flexibility index (Phi) is 3.54. The van der Waals surface area contributed by atoms with Gasteiger partial charge in [-0.15, -0.1) is 10.2 Å². The molecular formula is C17H13N5O2S. The van der Waals surface area contributed by atoms with Crippen LogP contribution in [0.3, 0.4) is 0 Å². The molecule has 0 fully saturated rings. The van der Waals surface area contributed by atoms with Crippen molar-refractivity contribution in [1.29, 1.82) is 0 Å². The van der Waals surface area contributed by atoms with E-state index in [-0.39, 0.29) is 10.6 Å². The highest BCUT2D eigenvalue weighted by molar-refractivity contribution is 7.19. The number of hydrogen-bond donors (Lipinski definition) is 0. The SMILES string of the molecule is Cc1ccccc1-c1nnc2sc(-c3cccc([N+](=O)[O-])c3C)nn12. The first-order chi connectivity index (χ1) is 12.1. The van der Waals surface area contributed by atoms with Gasteiger partial charge in [0.15, 0.2) is 5.82 Å². The third-order valence-corrected chi connectivity index (χ3v) is 5.04. The van der Waals surface area contributed by atoms with Crippen LogP contribution in [0, 0.1) is 24.0 Å². The second kappa shape index (κ2) is 5.75. The van der Waals surface area contributed by atoms with Crippen LogP contribution in [0.4, 0.5) is 5.69 Å². The maximum absolute atomic E-state index is 11.2. The summed E-state index contributed by atoms with van der Waals surface area (Å²) in [4.78, 5) is 11.4. The highest BCUT2D eigenvalue weighted by Gasteiger charge is 2.20. The van der Waals surface area contributed by atoms with E-state index in [0.717, 1.165) is 16.7 Å². The first-order valence-corrected chi connectivity index (χ1v) is 8.40. The lowest BCUT2D eigenvalue weighted by atomic mass is 10.1. The molecule has 4 rings (SSSR count). The van der Waals surface area contributed by atoms with Crippen LogP contribution < -0.4 is 0 Å². The summed E-state index contributed by atoms with van der Waals surface area (Å²) in [6.07, 6.45) is 0. The number of nitrogens with zero attached hydrogens (tertiary/aromatic N) is 5. The van der Waals surface area contributed by atoms with Gasteiger partial charge >= 0.3 is 0 Å². The Balaban J connectivity index is 1.89. The number of nitro groups is 1. The predicted octanol–water partition coefficient (Wildman–Crippen LogP) is 4.04. The second-order valence-electron chi connectivity index (χ2n) is 5.65. The fourth-order valence-corrected chi connectivity index (χ4v) is 3.69. The van der Waals surface area contributed by atoms with Crippen molar-refractivity contribution in [3.63, 3.8) is 0 Å². The molecule has 4 aromatic rings. The molecule has 0 aliphatic carbocycles. The first-order valence-electron chi connectivity index (χ1n) is 7.59. The standard InChI is InChI=1S/C17H13N5O2S/c1-10-6-3-4-7-12(10)15-18-19-17-21(15)20-16(25-17)13-8-5-9-14(11(13)2)22(23)24/h3-9H,1-2H3. The van der Waals surface area contributed by atoms with Crippen molar-refractivity contribution in [2.24, 2.45) is 0 Å². The smallest absolute Gasteiger partial charge is 0.258 e. The average Bonchev–Trinajstić information content (AvgIpc) is 3.16. The molecular weight excluding hydrogens is 338 g/mol. The molecule has 0 atom stereocenters. The summed E-state index contributed by atoms with van der Waals surface area (Å²) >= 11 is 1.36. The van der Waals surface area contributed by atoms with Crippen LogP contribution in [0.5, 0.6) is 0 Å². The van der Waals surface area contributed by atoms with Gasteiger partial charge in [0.05, 0.1) is 4.92 Å². The van der Waals surface area contributed by atoms with Crippen molar-refractivity contribution in [2.45, 2.75) is 13.8 Å². The number of nitro benzene ring substituents is 1. The molecule has 0 aliphatic rings. The van der Waals surface area contributed by atoms with Crippen molar-refractivity contribution >= 4 is 22.0 Å². The minimum Gasteiger partial charge on any atom is -0.258 e. The Morgan fingerprint density at radius 2 is 1.80 bits per heavy atom. The van der Waals surface area contributed by atoms with Gasteiger partial charge in [0, 0.05) is 22.8 Å². The molecule has 0 amide bonds. The van der Waals surface area contributed by atoms with Gasteiger partial charge in [-0.25, -0.2) is 0 Å². The largest absolute Gasteiger partial charge is 0.273 e. The molecule has 0 aliphatic heterocycles. The zero-order valence-electron chi connectivity index (χ0n) is 13.5. The lowest BCUT2D eigenvalue weighted by molar-refractivity contribution is -0.385. The van der Waals surface area contributed by atoms with E-state index in [1.165, 1.54) is 17.4 Å². The molecule has 25 heavy (non-hydrogen) atoms. The van der Waals surface area contributed by atoms with E-state index in [2.05, 4.69) is 15.3 Å². The maximum Gasteiger partial charge on any atom is 0.273 e. The summed E-state index contributed by atoms with van der Waals surface area (Å²) in [5.41, 5.74) is 3.46. The molecule has 0 bridgehead atoms. The molecule has 2 aromatic carbocycles. The molecule has 0 saturated heterocycles. The van der Waals surface area contributed by atoms with Crippen LogP contribution in [-0.2, 0) is 0 Å². The summed E-state index contributed by atoms with van der Waals surface area (Å²) in [6.45, 7) is 3.74. The van der Waals surface area contributed by atoms with Crippen LogP contribution >= 0.6 is 11.3 Å². The number of aromatic nitrogens is 4. The van der Waals surface area contributed by atoms with Crippen LogP contribution in [0.25, 0.3) is 26.9 Å². The Hall–Kier alpha value is -3.13. The molecule has 2 aromatic heterocycles. The maximum atomic E-state index is 11.2. The Morgan fingerprint density at radius 3 is 2.56 bits per heavy atom. The van der Waals surface area contributed by atoms with E-state index >= 15 is 0 Å². The molecule has 0 radical (unpaired) electrons. The van der Waals surface area contributed by atoms with Crippen LogP contribution in [0.1, 0.15) is 11.1 Å². The number of hydrogen-bond acceptors (Lipinski definition) is 6. The van der Waals surface area contributed by atoms with Crippen molar-refractivity contribution in [2.75, 3.05) is 0 Å². The van der Waals surface area contributed by atoms with E-state index in [1.54, 1.807) is 17.5 Å². The molecule has 2 heterocycles.